The molecule has 1 amide bonds. The van der Waals surface area contributed by atoms with Crippen molar-refractivity contribution in [1.29, 1.82) is 0 Å². The highest BCUT2D eigenvalue weighted by Gasteiger charge is 2.22. The van der Waals surface area contributed by atoms with Crippen molar-refractivity contribution in [3.63, 3.8) is 0 Å². The van der Waals surface area contributed by atoms with Crippen molar-refractivity contribution in [1.82, 2.24) is 15.5 Å². The minimum atomic E-state index is -0.771. The van der Waals surface area contributed by atoms with Crippen molar-refractivity contribution in [3.8, 4) is 11.5 Å². The maximum Gasteiger partial charge on any atom is 0.328 e. The SMILES string of the molecule is COC(=O)[C@H](Cc1ccccc1)NC(=O)CSc1nnc(-c2ccoc2C)o1. The fourth-order valence-electron chi connectivity index (χ4n) is 2.53. The molecule has 0 unspecified atom stereocenters. The van der Waals surface area contributed by atoms with Crippen LogP contribution in [0.15, 0.2) is 56.7 Å². The number of methoxy groups -OCH3 is 1. The van der Waals surface area contributed by atoms with E-state index in [0.29, 0.717) is 23.6 Å². The number of carbonyl (C=O) groups excluding carboxylic acids is 2. The average molecular weight is 401 g/mol. The summed E-state index contributed by atoms with van der Waals surface area (Å²) in [7, 11) is 1.29. The first-order valence-electron chi connectivity index (χ1n) is 8.48. The molecule has 1 N–H and O–H groups in total. The number of carbonyl (C=O) groups is 2. The second kappa shape index (κ2) is 9.23. The van der Waals surface area contributed by atoms with Crippen LogP contribution in [0.1, 0.15) is 11.3 Å². The lowest BCUT2D eigenvalue weighted by Crippen LogP contribution is -2.43. The molecule has 0 spiro atoms. The van der Waals surface area contributed by atoms with Gasteiger partial charge in [-0.05, 0) is 18.6 Å². The molecule has 0 aliphatic rings. The number of nitrogens with zero attached hydrogens (tertiary/aromatic N) is 2. The molecule has 0 aliphatic heterocycles. The fraction of sp³-hybridized carbons (Fsp3) is 0.263. The van der Waals surface area contributed by atoms with E-state index < -0.39 is 12.0 Å². The number of hydrogen-bond acceptors (Lipinski definition) is 8. The monoisotopic (exact) mass is 401 g/mol. The van der Waals surface area contributed by atoms with Crippen LogP contribution in [0.3, 0.4) is 0 Å². The number of furan rings is 1. The van der Waals surface area contributed by atoms with Gasteiger partial charge in [0, 0.05) is 6.42 Å². The smallest absolute Gasteiger partial charge is 0.328 e. The van der Waals surface area contributed by atoms with Crippen LogP contribution in [0, 0.1) is 6.92 Å². The third kappa shape index (κ3) is 5.01. The Hall–Kier alpha value is -3.07. The standard InChI is InChI=1S/C19H19N3O5S/c1-12-14(8-9-26-12)17-21-22-19(27-17)28-11-16(23)20-15(18(24)25-2)10-13-6-4-3-5-7-13/h3-9,15H,10-11H2,1-2H3,(H,20,23)/t15-/m0/s1. The zero-order valence-corrected chi connectivity index (χ0v) is 16.2. The highest BCUT2D eigenvalue weighted by atomic mass is 32.2. The third-order valence-electron chi connectivity index (χ3n) is 3.93. The van der Waals surface area contributed by atoms with Gasteiger partial charge in [-0.25, -0.2) is 4.79 Å². The lowest BCUT2D eigenvalue weighted by atomic mass is 10.1. The molecule has 28 heavy (non-hydrogen) atoms. The van der Waals surface area contributed by atoms with Crippen molar-refractivity contribution in [2.45, 2.75) is 24.6 Å². The highest BCUT2D eigenvalue weighted by Crippen LogP contribution is 2.26. The van der Waals surface area contributed by atoms with E-state index in [2.05, 4.69) is 15.5 Å². The number of aromatic nitrogens is 2. The molecule has 0 saturated carbocycles. The highest BCUT2D eigenvalue weighted by molar-refractivity contribution is 7.99. The second-order valence-corrected chi connectivity index (χ2v) is 6.81. The lowest BCUT2D eigenvalue weighted by molar-refractivity contribution is -0.144. The van der Waals surface area contributed by atoms with E-state index >= 15 is 0 Å². The van der Waals surface area contributed by atoms with Crippen LogP contribution in [-0.4, -0.2) is 41.0 Å². The Morgan fingerprint density at radius 3 is 2.68 bits per heavy atom. The summed E-state index contributed by atoms with van der Waals surface area (Å²) in [5, 5.41) is 10.8. The Labute approximate surface area is 165 Å². The normalized spacial score (nSPS) is 11.8. The van der Waals surface area contributed by atoms with Crippen LogP contribution in [0.2, 0.25) is 0 Å². The molecule has 0 radical (unpaired) electrons. The van der Waals surface area contributed by atoms with Gasteiger partial charge in [0.1, 0.15) is 11.8 Å². The largest absolute Gasteiger partial charge is 0.469 e. The van der Waals surface area contributed by atoms with E-state index in [1.54, 1.807) is 13.0 Å². The van der Waals surface area contributed by atoms with Crippen LogP contribution < -0.4 is 5.32 Å². The van der Waals surface area contributed by atoms with Gasteiger partial charge in [0.15, 0.2) is 0 Å². The van der Waals surface area contributed by atoms with E-state index in [-0.39, 0.29) is 16.9 Å². The van der Waals surface area contributed by atoms with E-state index in [1.807, 2.05) is 30.3 Å². The van der Waals surface area contributed by atoms with Crippen LogP contribution in [0.25, 0.3) is 11.5 Å². The Kier molecular flexibility index (Phi) is 6.49. The summed E-state index contributed by atoms with van der Waals surface area (Å²) in [4.78, 5) is 24.3. The molecule has 0 bridgehead atoms. The molecule has 146 valence electrons. The third-order valence-corrected chi connectivity index (χ3v) is 4.74. The second-order valence-electron chi connectivity index (χ2n) is 5.89. The molecule has 9 heteroatoms. The molecule has 1 atom stereocenters. The van der Waals surface area contributed by atoms with E-state index in [9.17, 15) is 9.59 Å². The summed E-state index contributed by atoms with van der Waals surface area (Å²) in [6.45, 7) is 1.79. The first-order chi connectivity index (χ1) is 13.6. The fourth-order valence-corrected chi connectivity index (χ4v) is 3.11. The van der Waals surface area contributed by atoms with E-state index in [1.165, 1.54) is 13.4 Å². The average Bonchev–Trinajstić information content (AvgIpc) is 3.34. The predicted molar refractivity (Wildman–Crippen MR) is 102 cm³/mol. The molecular formula is C19H19N3O5S. The van der Waals surface area contributed by atoms with Gasteiger partial charge in [-0.15, -0.1) is 10.2 Å². The van der Waals surface area contributed by atoms with Gasteiger partial charge in [0.25, 0.3) is 11.1 Å². The minimum Gasteiger partial charge on any atom is -0.469 e. The van der Waals surface area contributed by atoms with Gasteiger partial charge in [0.2, 0.25) is 5.91 Å². The maximum absolute atomic E-state index is 12.3. The number of nitrogens with one attached hydrogen (secondary N) is 1. The summed E-state index contributed by atoms with van der Waals surface area (Å²) < 4.78 is 15.5. The number of esters is 1. The topological polar surface area (TPSA) is 107 Å². The molecule has 0 aliphatic carbocycles. The van der Waals surface area contributed by atoms with Crippen LogP contribution in [0.5, 0.6) is 0 Å². The number of thioether (sulfide) groups is 1. The number of aryl methyl sites for hydroxylation is 1. The minimum absolute atomic E-state index is 0.0221. The summed E-state index contributed by atoms with van der Waals surface area (Å²) in [5.74, 6) is 0.174. The van der Waals surface area contributed by atoms with Crippen molar-refractivity contribution in [2.75, 3.05) is 12.9 Å². The van der Waals surface area contributed by atoms with Gasteiger partial charge >= 0.3 is 5.97 Å². The molecular weight excluding hydrogens is 382 g/mol. The lowest BCUT2D eigenvalue weighted by Gasteiger charge is -2.16. The molecule has 0 saturated heterocycles. The van der Waals surface area contributed by atoms with Crippen molar-refractivity contribution in [3.05, 3.63) is 54.0 Å². The van der Waals surface area contributed by atoms with Crippen LogP contribution in [-0.2, 0) is 20.7 Å². The van der Waals surface area contributed by atoms with Gasteiger partial charge < -0.3 is 18.9 Å². The van der Waals surface area contributed by atoms with E-state index in [4.69, 9.17) is 13.6 Å². The number of hydrogen-bond donors (Lipinski definition) is 1. The zero-order valence-electron chi connectivity index (χ0n) is 15.4. The van der Waals surface area contributed by atoms with Gasteiger partial charge in [-0.1, -0.05) is 42.1 Å². The van der Waals surface area contributed by atoms with Crippen molar-refractivity contribution in [2.24, 2.45) is 0 Å². The quantitative estimate of drug-likeness (QED) is 0.453. The van der Waals surface area contributed by atoms with Crippen molar-refractivity contribution < 1.29 is 23.2 Å². The van der Waals surface area contributed by atoms with Gasteiger partial charge in [0.05, 0.1) is 24.7 Å². The van der Waals surface area contributed by atoms with Crippen LogP contribution >= 0.6 is 11.8 Å². The number of ether oxygens (including phenoxy) is 1. The first-order valence-corrected chi connectivity index (χ1v) is 9.47. The predicted octanol–water partition coefficient (Wildman–Crippen LogP) is 2.63. The Balaban J connectivity index is 1.57. The molecule has 3 rings (SSSR count). The van der Waals surface area contributed by atoms with Gasteiger partial charge in [-0.3, -0.25) is 4.79 Å². The van der Waals surface area contributed by atoms with Crippen molar-refractivity contribution >= 4 is 23.6 Å². The van der Waals surface area contributed by atoms with Crippen LogP contribution in [0.4, 0.5) is 0 Å². The van der Waals surface area contributed by atoms with E-state index in [0.717, 1.165) is 17.3 Å². The molecule has 8 nitrogen and oxygen atoms in total. The van der Waals surface area contributed by atoms with Gasteiger partial charge in [-0.2, -0.15) is 0 Å². The number of rotatable bonds is 8. The molecule has 2 heterocycles. The Morgan fingerprint density at radius 1 is 1.21 bits per heavy atom. The molecule has 3 aromatic rings. The Bertz CT molecular complexity index is 938. The summed E-state index contributed by atoms with van der Waals surface area (Å²) in [5.41, 5.74) is 1.63. The number of benzene rings is 1. The zero-order chi connectivity index (χ0) is 19.9. The maximum atomic E-state index is 12.3. The summed E-state index contributed by atoms with van der Waals surface area (Å²) >= 11 is 1.09. The molecule has 1 aromatic carbocycles. The Morgan fingerprint density at radius 2 is 2.00 bits per heavy atom. The summed E-state index contributed by atoms with van der Waals surface area (Å²) in [6.07, 6.45) is 1.88. The first kappa shape index (κ1) is 19.7. The molecule has 2 aromatic heterocycles. The summed E-state index contributed by atoms with van der Waals surface area (Å²) in [6, 6.07) is 10.4. The number of amides is 1. The molecule has 0 fully saturated rings.